The third-order valence-electron chi connectivity index (χ3n) is 3.04. The van der Waals surface area contributed by atoms with Crippen LogP contribution < -0.4 is 10.9 Å². The van der Waals surface area contributed by atoms with Gasteiger partial charge in [0, 0.05) is 0 Å². The third-order valence-corrected chi connectivity index (χ3v) is 3.95. The van der Waals surface area contributed by atoms with Crippen LogP contribution in [0.4, 0.5) is 5.69 Å². The molecule has 7 heteroatoms. The highest BCUT2D eigenvalue weighted by atomic mass is 32.2. The molecule has 0 atom stereocenters. The summed E-state index contributed by atoms with van der Waals surface area (Å²) in [6.45, 7) is 0. The van der Waals surface area contributed by atoms with Crippen LogP contribution in [0.5, 0.6) is 0 Å². The Kier molecular flexibility index (Phi) is 2.73. The molecule has 6 nitrogen and oxygen atoms in total. The largest absolute Gasteiger partial charge is 0.397 e. The Morgan fingerprint density at radius 1 is 1.10 bits per heavy atom. The molecular weight excluding hydrogens is 276 g/mol. The Morgan fingerprint density at radius 2 is 1.85 bits per heavy atom. The van der Waals surface area contributed by atoms with E-state index in [2.05, 4.69) is 4.98 Å². The van der Waals surface area contributed by atoms with Crippen LogP contribution in [0.1, 0.15) is 0 Å². The van der Waals surface area contributed by atoms with Gasteiger partial charge in [-0.25, -0.2) is 18.5 Å². The summed E-state index contributed by atoms with van der Waals surface area (Å²) >= 11 is 0. The molecule has 0 aliphatic carbocycles. The van der Waals surface area contributed by atoms with Crippen molar-refractivity contribution in [2.45, 2.75) is 4.90 Å². The molecule has 3 rings (SSSR count). The van der Waals surface area contributed by atoms with E-state index in [1.165, 1.54) is 18.2 Å². The number of fused-ring (bicyclic) bond motifs is 1. The lowest BCUT2D eigenvalue weighted by molar-refractivity contribution is 0.597. The molecule has 1 aromatic heterocycles. The number of hydrogen-bond donors (Lipinski definition) is 2. The van der Waals surface area contributed by atoms with Crippen LogP contribution in [0.3, 0.4) is 0 Å². The summed E-state index contributed by atoms with van der Waals surface area (Å²) in [4.78, 5) is 4.27. The first-order valence-corrected chi connectivity index (χ1v) is 7.36. The summed E-state index contributed by atoms with van der Waals surface area (Å²) in [6, 6.07) is 11.8. The van der Waals surface area contributed by atoms with E-state index in [4.69, 9.17) is 10.9 Å². The summed E-state index contributed by atoms with van der Waals surface area (Å²) in [5.41, 5.74) is 8.55. The van der Waals surface area contributed by atoms with Gasteiger partial charge in [0.05, 0.1) is 27.3 Å². The van der Waals surface area contributed by atoms with E-state index in [0.29, 0.717) is 11.4 Å². The Balaban J connectivity index is 2.29. The predicted molar refractivity (Wildman–Crippen MR) is 76.9 cm³/mol. The second kappa shape index (κ2) is 4.32. The second-order valence-electron chi connectivity index (χ2n) is 4.37. The zero-order valence-corrected chi connectivity index (χ0v) is 11.2. The van der Waals surface area contributed by atoms with E-state index in [0.717, 1.165) is 11.0 Å². The number of aromatic nitrogens is 2. The van der Waals surface area contributed by atoms with E-state index in [1.807, 2.05) is 24.3 Å². The quantitative estimate of drug-likeness (QED) is 0.692. The molecule has 2 aromatic carbocycles. The number of sulfonamides is 1. The Labute approximate surface area is 115 Å². The highest BCUT2D eigenvalue weighted by Gasteiger charge is 2.13. The van der Waals surface area contributed by atoms with Gasteiger partial charge >= 0.3 is 0 Å². The van der Waals surface area contributed by atoms with Gasteiger partial charge in [-0.05, 0) is 30.3 Å². The number of anilines is 1. The number of primary sulfonamides is 1. The lowest BCUT2D eigenvalue weighted by atomic mass is 10.2. The van der Waals surface area contributed by atoms with Crippen molar-refractivity contribution in [2.24, 2.45) is 5.14 Å². The Hall–Kier alpha value is -2.38. The average Bonchev–Trinajstić information content (AvgIpc) is 2.82. The third kappa shape index (κ3) is 2.02. The van der Waals surface area contributed by atoms with E-state index in [9.17, 15) is 8.42 Å². The van der Waals surface area contributed by atoms with Gasteiger partial charge < -0.3 is 5.73 Å². The molecule has 1 heterocycles. The van der Waals surface area contributed by atoms with Gasteiger partial charge in [0.2, 0.25) is 10.0 Å². The van der Waals surface area contributed by atoms with Crippen molar-refractivity contribution in [3.63, 3.8) is 0 Å². The molecule has 3 aromatic rings. The lowest BCUT2D eigenvalue weighted by Gasteiger charge is -2.09. The zero-order valence-electron chi connectivity index (χ0n) is 10.4. The van der Waals surface area contributed by atoms with Crippen molar-refractivity contribution in [3.8, 4) is 5.69 Å². The first kappa shape index (κ1) is 12.6. The number of nitrogen functional groups attached to an aromatic ring is 1. The number of rotatable bonds is 2. The minimum Gasteiger partial charge on any atom is -0.397 e. The van der Waals surface area contributed by atoms with Crippen molar-refractivity contribution in [1.82, 2.24) is 9.55 Å². The normalized spacial score (nSPS) is 11.8. The summed E-state index contributed by atoms with van der Waals surface area (Å²) in [7, 11) is -3.78. The average molecular weight is 288 g/mol. The number of imidazole rings is 1. The number of para-hydroxylation sites is 2. The van der Waals surface area contributed by atoms with Crippen molar-refractivity contribution in [3.05, 3.63) is 48.8 Å². The number of nitrogens with zero attached hydrogens (tertiary/aromatic N) is 2. The molecule has 0 amide bonds. The molecule has 0 spiro atoms. The van der Waals surface area contributed by atoms with Gasteiger partial charge in [-0.15, -0.1) is 0 Å². The summed E-state index contributed by atoms with van der Waals surface area (Å²) in [6.07, 6.45) is 1.60. The number of benzene rings is 2. The van der Waals surface area contributed by atoms with Crippen LogP contribution in [-0.2, 0) is 10.0 Å². The lowest BCUT2D eigenvalue weighted by Crippen LogP contribution is -2.13. The molecule has 20 heavy (non-hydrogen) atoms. The predicted octanol–water partition coefficient (Wildman–Crippen LogP) is 1.26. The van der Waals surface area contributed by atoms with Gasteiger partial charge in [-0.3, -0.25) is 4.57 Å². The Bertz CT molecular complexity index is 900. The van der Waals surface area contributed by atoms with Crippen LogP contribution in [0.2, 0.25) is 0 Å². The van der Waals surface area contributed by atoms with Gasteiger partial charge in [-0.1, -0.05) is 12.1 Å². The van der Waals surface area contributed by atoms with Crippen LogP contribution >= 0.6 is 0 Å². The van der Waals surface area contributed by atoms with Crippen LogP contribution in [0.15, 0.2) is 53.7 Å². The van der Waals surface area contributed by atoms with Crippen molar-refractivity contribution in [2.75, 3.05) is 5.73 Å². The fourth-order valence-corrected chi connectivity index (χ4v) is 2.59. The zero-order chi connectivity index (χ0) is 14.3. The molecule has 102 valence electrons. The fourth-order valence-electron chi connectivity index (χ4n) is 2.06. The Morgan fingerprint density at radius 3 is 2.60 bits per heavy atom. The van der Waals surface area contributed by atoms with Gasteiger partial charge in [-0.2, -0.15) is 0 Å². The first-order chi connectivity index (χ1) is 9.47. The van der Waals surface area contributed by atoms with Crippen molar-refractivity contribution < 1.29 is 8.42 Å². The van der Waals surface area contributed by atoms with E-state index in [-0.39, 0.29) is 4.90 Å². The van der Waals surface area contributed by atoms with Crippen LogP contribution in [0, 0.1) is 0 Å². The summed E-state index contributed by atoms with van der Waals surface area (Å²) in [5, 5.41) is 5.15. The van der Waals surface area contributed by atoms with Crippen LogP contribution in [0.25, 0.3) is 16.7 Å². The first-order valence-electron chi connectivity index (χ1n) is 5.81. The topological polar surface area (TPSA) is 104 Å². The minimum absolute atomic E-state index is 0.0134. The minimum atomic E-state index is -3.78. The number of hydrogen-bond acceptors (Lipinski definition) is 4. The molecule has 0 saturated heterocycles. The SMILES string of the molecule is Nc1ccc(S(N)(=O)=O)cc1-n1cnc2ccccc21. The van der Waals surface area contributed by atoms with Crippen LogP contribution in [-0.4, -0.2) is 18.0 Å². The van der Waals surface area contributed by atoms with Crippen molar-refractivity contribution >= 4 is 26.7 Å². The number of nitrogens with two attached hydrogens (primary N) is 2. The molecule has 0 aliphatic heterocycles. The second-order valence-corrected chi connectivity index (χ2v) is 5.93. The maximum absolute atomic E-state index is 11.4. The molecular formula is C13H12N4O2S. The fraction of sp³-hybridized carbons (Fsp3) is 0. The molecule has 0 fully saturated rings. The smallest absolute Gasteiger partial charge is 0.238 e. The van der Waals surface area contributed by atoms with E-state index >= 15 is 0 Å². The summed E-state index contributed by atoms with van der Waals surface area (Å²) < 4.78 is 24.6. The van der Waals surface area contributed by atoms with Gasteiger partial charge in [0.15, 0.2) is 0 Å². The maximum Gasteiger partial charge on any atom is 0.238 e. The highest BCUT2D eigenvalue weighted by Crippen LogP contribution is 2.25. The molecule has 0 radical (unpaired) electrons. The van der Waals surface area contributed by atoms with E-state index in [1.54, 1.807) is 10.9 Å². The molecule has 4 N–H and O–H groups in total. The van der Waals surface area contributed by atoms with Gasteiger partial charge in [0.1, 0.15) is 6.33 Å². The standard InChI is InChI=1S/C13H12N4O2S/c14-10-6-5-9(20(15,18)19)7-13(10)17-8-16-11-3-1-2-4-12(11)17/h1-8H,14H2,(H2,15,18,19). The molecule has 0 bridgehead atoms. The van der Waals surface area contributed by atoms with Crippen molar-refractivity contribution in [1.29, 1.82) is 0 Å². The maximum atomic E-state index is 11.4. The molecule has 0 saturated carbocycles. The van der Waals surface area contributed by atoms with E-state index < -0.39 is 10.0 Å². The molecule has 0 unspecified atom stereocenters. The van der Waals surface area contributed by atoms with Gasteiger partial charge in [0.25, 0.3) is 0 Å². The summed E-state index contributed by atoms with van der Waals surface area (Å²) in [5.74, 6) is 0. The molecule has 0 aliphatic rings. The highest BCUT2D eigenvalue weighted by molar-refractivity contribution is 7.89. The monoisotopic (exact) mass is 288 g/mol.